The molecule has 2 saturated heterocycles. The number of carbonyl (C=O) groups excluding carboxylic acids is 4. The molecule has 4 amide bonds. The van der Waals surface area contributed by atoms with Crippen LogP contribution in [0.3, 0.4) is 0 Å². The van der Waals surface area contributed by atoms with Crippen molar-refractivity contribution in [2.75, 3.05) is 18.9 Å². The van der Waals surface area contributed by atoms with Crippen molar-refractivity contribution in [2.24, 2.45) is 0 Å². The molecule has 0 unspecified atom stereocenters. The van der Waals surface area contributed by atoms with Gasteiger partial charge in [-0.1, -0.05) is 0 Å². The predicted molar refractivity (Wildman–Crippen MR) is 78.9 cm³/mol. The monoisotopic (exact) mass is 329 g/mol. The fourth-order valence-corrected chi connectivity index (χ4v) is 4.01. The van der Waals surface area contributed by atoms with Crippen molar-refractivity contribution in [3.8, 4) is 0 Å². The highest BCUT2D eigenvalue weighted by Crippen LogP contribution is 2.47. The van der Waals surface area contributed by atoms with E-state index < -0.39 is 30.6 Å². The molecule has 122 valence electrons. The number of imide groups is 1. The summed E-state index contributed by atoms with van der Waals surface area (Å²) < 4.78 is 4.93. The lowest BCUT2D eigenvalue weighted by molar-refractivity contribution is -0.156. The van der Waals surface area contributed by atoms with E-state index in [2.05, 4.69) is 5.32 Å². The Morgan fingerprint density at radius 1 is 1.45 bits per heavy atom. The summed E-state index contributed by atoms with van der Waals surface area (Å²) in [5.74, 6) is -0.932. The van der Waals surface area contributed by atoms with Gasteiger partial charge in [-0.05, 0) is 20.3 Å². The standard InChI is InChI=1S/C13H19N3O5S/c1-3-14-12(20)15-9(17)6-21-11(19)8-7-22-13(2)5-4-10(18)16(8)13/h8H,3-7H2,1-2H3,(H2,14,15,17,20)/t8-,13+/m1/s1. The van der Waals surface area contributed by atoms with Crippen LogP contribution in [0, 0.1) is 0 Å². The Kier molecular flexibility index (Phi) is 4.94. The zero-order chi connectivity index (χ0) is 16.3. The van der Waals surface area contributed by atoms with Crippen LogP contribution in [0.25, 0.3) is 0 Å². The van der Waals surface area contributed by atoms with E-state index in [4.69, 9.17) is 4.74 Å². The Morgan fingerprint density at radius 2 is 2.18 bits per heavy atom. The minimum atomic E-state index is -0.708. The summed E-state index contributed by atoms with van der Waals surface area (Å²) in [6, 6.07) is -1.30. The van der Waals surface area contributed by atoms with Gasteiger partial charge in [-0.25, -0.2) is 9.59 Å². The van der Waals surface area contributed by atoms with Crippen LogP contribution >= 0.6 is 11.8 Å². The zero-order valence-corrected chi connectivity index (χ0v) is 13.3. The highest BCUT2D eigenvalue weighted by molar-refractivity contribution is 8.01. The number of hydrogen-bond donors (Lipinski definition) is 2. The number of nitrogens with zero attached hydrogens (tertiary/aromatic N) is 1. The van der Waals surface area contributed by atoms with E-state index >= 15 is 0 Å². The number of nitrogens with one attached hydrogen (secondary N) is 2. The van der Waals surface area contributed by atoms with E-state index in [0.29, 0.717) is 25.1 Å². The molecule has 0 radical (unpaired) electrons. The molecule has 0 bridgehead atoms. The quantitative estimate of drug-likeness (QED) is 0.694. The Hall–Kier alpha value is -1.77. The van der Waals surface area contributed by atoms with Crippen LogP contribution in [-0.4, -0.2) is 58.5 Å². The van der Waals surface area contributed by atoms with E-state index in [1.807, 2.05) is 12.2 Å². The first-order chi connectivity index (χ1) is 10.4. The largest absolute Gasteiger partial charge is 0.454 e. The molecular weight excluding hydrogens is 310 g/mol. The average Bonchev–Trinajstić information content (AvgIpc) is 2.94. The first-order valence-corrected chi connectivity index (χ1v) is 8.06. The molecule has 8 nitrogen and oxygen atoms in total. The van der Waals surface area contributed by atoms with Gasteiger partial charge in [0.05, 0.1) is 4.87 Å². The third-order valence-electron chi connectivity index (χ3n) is 3.65. The van der Waals surface area contributed by atoms with Gasteiger partial charge in [0.15, 0.2) is 6.61 Å². The van der Waals surface area contributed by atoms with Crippen molar-refractivity contribution in [1.29, 1.82) is 0 Å². The van der Waals surface area contributed by atoms with E-state index in [0.717, 1.165) is 0 Å². The number of hydrogen-bond acceptors (Lipinski definition) is 6. The van der Waals surface area contributed by atoms with Crippen LogP contribution in [-0.2, 0) is 19.1 Å². The molecule has 2 aliphatic heterocycles. The van der Waals surface area contributed by atoms with Gasteiger partial charge in [0.2, 0.25) is 5.91 Å². The molecule has 2 N–H and O–H groups in total. The number of urea groups is 1. The third kappa shape index (κ3) is 3.34. The van der Waals surface area contributed by atoms with Gasteiger partial charge in [0.25, 0.3) is 5.91 Å². The summed E-state index contributed by atoms with van der Waals surface area (Å²) >= 11 is 1.55. The zero-order valence-electron chi connectivity index (χ0n) is 12.5. The van der Waals surface area contributed by atoms with Gasteiger partial charge in [0, 0.05) is 18.7 Å². The Morgan fingerprint density at radius 3 is 2.86 bits per heavy atom. The maximum atomic E-state index is 12.1. The molecule has 2 heterocycles. The topological polar surface area (TPSA) is 105 Å². The van der Waals surface area contributed by atoms with Gasteiger partial charge in [-0.2, -0.15) is 0 Å². The molecule has 2 fully saturated rings. The van der Waals surface area contributed by atoms with E-state index in [1.54, 1.807) is 23.6 Å². The van der Waals surface area contributed by atoms with Gasteiger partial charge >= 0.3 is 12.0 Å². The molecule has 0 saturated carbocycles. The maximum absolute atomic E-state index is 12.1. The smallest absolute Gasteiger partial charge is 0.330 e. The molecule has 9 heteroatoms. The highest BCUT2D eigenvalue weighted by Gasteiger charge is 2.53. The number of fused-ring (bicyclic) bond motifs is 1. The molecule has 2 rings (SSSR count). The first kappa shape index (κ1) is 16.6. The second-order valence-corrected chi connectivity index (χ2v) is 6.78. The second kappa shape index (κ2) is 6.55. The van der Waals surface area contributed by atoms with E-state index in [1.165, 1.54) is 0 Å². The number of ether oxygens (including phenoxy) is 1. The Balaban J connectivity index is 1.84. The number of esters is 1. The van der Waals surface area contributed by atoms with Gasteiger partial charge in [-0.3, -0.25) is 14.9 Å². The lowest BCUT2D eigenvalue weighted by Gasteiger charge is -2.29. The number of amides is 4. The number of thioether (sulfide) groups is 1. The van der Waals surface area contributed by atoms with Crippen LogP contribution in [0.15, 0.2) is 0 Å². The third-order valence-corrected chi connectivity index (χ3v) is 5.16. The van der Waals surface area contributed by atoms with Crippen LogP contribution in [0.1, 0.15) is 26.7 Å². The molecule has 0 spiro atoms. The summed E-state index contributed by atoms with van der Waals surface area (Å²) in [6.45, 7) is 3.48. The molecular formula is C13H19N3O5S. The summed E-state index contributed by atoms with van der Waals surface area (Å²) in [5.41, 5.74) is 0. The Labute approximate surface area is 132 Å². The molecule has 22 heavy (non-hydrogen) atoms. The van der Waals surface area contributed by atoms with Crippen LogP contribution < -0.4 is 10.6 Å². The molecule has 0 aliphatic carbocycles. The van der Waals surface area contributed by atoms with E-state index in [9.17, 15) is 19.2 Å². The molecule has 2 aliphatic rings. The highest BCUT2D eigenvalue weighted by atomic mass is 32.2. The lowest BCUT2D eigenvalue weighted by Crippen LogP contribution is -2.47. The number of carbonyl (C=O) groups is 4. The summed E-state index contributed by atoms with van der Waals surface area (Å²) in [6.07, 6.45) is 1.13. The average molecular weight is 329 g/mol. The van der Waals surface area contributed by atoms with Crippen molar-refractivity contribution in [1.82, 2.24) is 15.5 Å². The van der Waals surface area contributed by atoms with Gasteiger partial charge < -0.3 is 15.0 Å². The SMILES string of the molecule is CCNC(=O)NC(=O)COC(=O)[C@H]1CS[C@@]2(C)CCC(=O)N12. The van der Waals surface area contributed by atoms with Crippen molar-refractivity contribution < 1.29 is 23.9 Å². The van der Waals surface area contributed by atoms with E-state index in [-0.39, 0.29) is 10.8 Å². The molecule has 0 aromatic heterocycles. The Bertz CT molecular complexity index is 512. The molecule has 0 aromatic rings. The fourth-order valence-electron chi connectivity index (χ4n) is 2.60. The minimum absolute atomic E-state index is 0.0683. The summed E-state index contributed by atoms with van der Waals surface area (Å²) in [5, 5.41) is 4.43. The fraction of sp³-hybridized carbons (Fsp3) is 0.692. The number of rotatable bonds is 4. The van der Waals surface area contributed by atoms with Crippen LogP contribution in [0.4, 0.5) is 4.79 Å². The van der Waals surface area contributed by atoms with Crippen LogP contribution in [0.5, 0.6) is 0 Å². The van der Waals surface area contributed by atoms with Crippen molar-refractivity contribution in [3.05, 3.63) is 0 Å². The van der Waals surface area contributed by atoms with Crippen molar-refractivity contribution in [2.45, 2.75) is 37.6 Å². The summed E-state index contributed by atoms with van der Waals surface area (Å²) in [7, 11) is 0. The summed E-state index contributed by atoms with van der Waals surface area (Å²) in [4.78, 5) is 47.8. The molecule has 0 aromatic carbocycles. The maximum Gasteiger partial charge on any atom is 0.330 e. The van der Waals surface area contributed by atoms with Crippen LogP contribution in [0.2, 0.25) is 0 Å². The van der Waals surface area contributed by atoms with Crippen molar-refractivity contribution >= 4 is 35.6 Å². The van der Waals surface area contributed by atoms with Crippen molar-refractivity contribution in [3.63, 3.8) is 0 Å². The lowest BCUT2D eigenvalue weighted by atomic mass is 10.2. The normalized spacial score (nSPS) is 26.5. The minimum Gasteiger partial charge on any atom is -0.454 e. The molecule has 2 atom stereocenters. The predicted octanol–water partition coefficient (Wildman–Crippen LogP) is -0.171. The second-order valence-electron chi connectivity index (χ2n) is 5.28. The first-order valence-electron chi connectivity index (χ1n) is 7.08. The van der Waals surface area contributed by atoms with Gasteiger partial charge in [0.1, 0.15) is 6.04 Å². The van der Waals surface area contributed by atoms with Gasteiger partial charge in [-0.15, -0.1) is 11.8 Å².